The Balaban J connectivity index is 1.98. The van der Waals surface area contributed by atoms with Crippen molar-refractivity contribution >= 4 is 5.95 Å². The van der Waals surface area contributed by atoms with Crippen LogP contribution in [0.1, 0.15) is 45.6 Å². The highest BCUT2D eigenvalue weighted by Crippen LogP contribution is 2.33. The minimum atomic E-state index is 0.290. The lowest BCUT2D eigenvalue weighted by molar-refractivity contribution is 0.189. The van der Waals surface area contributed by atoms with Crippen LogP contribution in [0.5, 0.6) is 0 Å². The standard InChI is InChI=1S/C14H25N3O/c1-11-4-6-13(7-5-11)17-9-8-15-14(17)16-12(2)10-18-3/h8-9,11-13H,4-7,10H2,1-3H3,(H,15,16). The van der Waals surface area contributed by atoms with Crippen LogP contribution < -0.4 is 5.32 Å². The molecule has 102 valence electrons. The van der Waals surface area contributed by atoms with Crippen molar-refractivity contribution in [3.63, 3.8) is 0 Å². The summed E-state index contributed by atoms with van der Waals surface area (Å²) >= 11 is 0. The largest absolute Gasteiger partial charge is 0.383 e. The average Bonchev–Trinajstić information content (AvgIpc) is 2.78. The number of methoxy groups -OCH3 is 1. The third-order valence-corrected chi connectivity index (χ3v) is 3.84. The molecule has 0 radical (unpaired) electrons. The van der Waals surface area contributed by atoms with Gasteiger partial charge in [0.05, 0.1) is 6.61 Å². The summed E-state index contributed by atoms with van der Waals surface area (Å²) in [6.07, 6.45) is 9.18. The van der Waals surface area contributed by atoms with E-state index in [2.05, 4.69) is 34.9 Å². The Morgan fingerprint density at radius 3 is 2.83 bits per heavy atom. The maximum Gasteiger partial charge on any atom is 0.203 e. The molecule has 1 heterocycles. The van der Waals surface area contributed by atoms with Gasteiger partial charge in [-0.25, -0.2) is 4.98 Å². The lowest BCUT2D eigenvalue weighted by atomic mass is 9.87. The molecule has 1 N–H and O–H groups in total. The molecular formula is C14H25N3O. The Morgan fingerprint density at radius 1 is 1.44 bits per heavy atom. The van der Waals surface area contributed by atoms with E-state index in [1.165, 1.54) is 25.7 Å². The molecule has 1 aliphatic rings. The van der Waals surface area contributed by atoms with Crippen molar-refractivity contribution in [3.05, 3.63) is 12.4 Å². The molecule has 4 heteroatoms. The number of nitrogens with one attached hydrogen (secondary N) is 1. The van der Waals surface area contributed by atoms with Gasteiger partial charge in [-0.2, -0.15) is 0 Å². The van der Waals surface area contributed by atoms with Crippen molar-refractivity contribution in [3.8, 4) is 0 Å². The first-order valence-electron chi connectivity index (χ1n) is 6.99. The average molecular weight is 251 g/mol. The molecule has 1 fully saturated rings. The van der Waals surface area contributed by atoms with Gasteiger partial charge in [-0.05, 0) is 38.5 Å². The molecule has 0 aliphatic heterocycles. The number of aromatic nitrogens is 2. The number of ether oxygens (including phenoxy) is 1. The molecule has 1 aromatic heterocycles. The molecule has 1 atom stereocenters. The molecule has 0 amide bonds. The zero-order valence-corrected chi connectivity index (χ0v) is 11.7. The van der Waals surface area contributed by atoms with Crippen LogP contribution in [0, 0.1) is 5.92 Å². The summed E-state index contributed by atoms with van der Waals surface area (Å²) in [5, 5.41) is 3.43. The molecule has 1 aromatic rings. The summed E-state index contributed by atoms with van der Waals surface area (Å²) in [4.78, 5) is 4.43. The predicted octanol–water partition coefficient (Wildman–Crippen LogP) is 3.08. The zero-order valence-electron chi connectivity index (χ0n) is 11.7. The van der Waals surface area contributed by atoms with Crippen LogP contribution in [0.4, 0.5) is 5.95 Å². The van der Waals surface area contributed by atoms with Gasteiger partial charge in [-0.15, -0.1) is 0 Å². The highest BCUT2D eigenvalue weighted by molar-refractivity contribution is 5.28. The maximum atomic E-state index is 5.15. The van der Waals surface area contributed by atoms with Gasteiger partial charge in [0.15, 0.2) is 0 Å². The third kappa shape index (κ3) is 3.25. The Kier molecular flexibility index (Phi) is 4.64. The van der Waals surface area contributed by atoms with Gasteiger partial charge in [-0.3, -0.25) is 0 Å². The van der Waals surface area contributed by atoms with Gasteiger partial charge in [0.1, 0.15) is 0 Å². The van der Waals surface area contributed by atoms with Crippen molar-refractivity contribution in [1.29, 1.82) is 0 Å². The predicted molar refractivity (Wildman–Crippen MR) is 73.9 cm³/mol. The fraction of sp³-hybridized carbons (Fsp3) is 0.786. The van der Waals surface area contributed by atoms with Gasteiger partial charge >= 0.3 is 0 Å². The minimum absolute atomic E-state index is 0.290. The van der Waals surface area contributed by atoms with Crippen molar-refractivity contribution < 1.29 is 4.74 Å². The van der Waals surface area contributed by atoms with Gasteiger partial charge in [-0.1, -0.05) is 6.92 Å². The van der Waals surface area contributed by atoms with E-state index in [0.717, 1.165) is 11.9 Å². The van der Waals surface area contributed by atoms with Crippen molar-refractivity contribution in [2.24, 2.45) is 5.92 Å². The SMILES string of the molecule is COCC(C)Nc1nccn1C1CCC(C)CC1. The molecule has 0 aromatic carbocycles. The van der Waals surface area contributed by atoms with E-state index < -0.39 is 0 Å². The normalized spacial score (nSPS) is 25.9. The van der Waals surface area contributed by atoms with Crippen LogP contribution in [0.15, 0.2) is 12.4 Å². The van der Waals surface area contributed by atoms with Crippen LogP contribution in [0.2, 0.25) is 0 Å². The summed E-state index contributed by atoms with van der Waals surface area (Å²) in [6, 6.07) is 0.902. The van der Waals surface area contributed by atoms with E-state index in [1.807, 2.05) is 6.20 Å². The lowest BCUT2D eigenvalue weighted by Crippen LogP contribution is -2.25. The Labute approximate surface area is 110 Å². The highest BCUT2D eigenvalue weighted by Gasteiger charge is 2.21. The molecule has 1 saturated carbocycles. The molecular weight excluding hydrogens is 226 g/mol. The fourth-order valence-corrected chi connectivity index (χ4v) is 2.75. The second-order valence-corrected chi connectivity index (χ2v) is 5.57. The number of anilines is 1. The van der Waals surface area contributed by atoms with Gasteiger partial charge in [0, 0.05) is 31.6 Å². The monoisotopic (exact) mass is 251 g/mol. The minimum Gasteiger partial charge on any atom is -0.383 e. The molecule has 0 spiro atoms. The van der Waals surface area contributed by atoms with Crippen molar-refractivity contribution in [2.75, 3.05) is 19.0 Å². The second kappa shape index (κ2) is 6.23. The smallest absolute Gasteiger partial charge is 0.203 e. The van der Waals surface area contributed by atoms with Crippen LogP contribution in [-0.2, 0) is 4.74 Å². The molecule has 18 heavy (non-hydrogen) atoms. The Bertz CT molecular complexity index is 356. The zero-order chi connectivity index (χ0) is 13.0. The van der Waals surface area contributed by atoms with E-state index in [4.69, 9.17) is 4.74 Å². The summed E-state index contributed by atoms with van der Waals surface area (Å²) in [6.45, 7) is 5.17. The van der Waals surface area contributed by atoms with Crippen molar-refractivity contribution in [2.45, 2.75) is 51.6 Å². The quantitative estimate of drug-likeness (QED) is 0.874. The topological polar surface area (TPSA) is 39.1 Å². The summed E-state index contributed by atoms with van der Waals surface area (Å²) in [5.41, 5.74) is 0. The van der Waals surface area contributed by atoms with E-state index in [0.29, 0.717) is 18.7 Å². The number of imidazole rings is 1. The number of hydrogen-bond acceptors (Lipinski definition) is 3. The van der Waals surface area contributed by atoms with E-state index in [-0.39, 0.29) is 0 Å². The summed E-state index contributed by atoms with van der Waals surface area (Å²) < 4.78 is 7.46. The van der Waals surface area contributed by atoms with Gasteiger partial charge in [0.25, 0.3) is 0 Å². The number of rotatable bonds is 5. The van der Waals surface area contributed by atoms with Gasteiger partial charge in [0.2, 0.25) is 5.95 Å². The van der Waals surface area contributed by atoms with Crippen molar-refractivity contribution in [1.82, 2.24) is 9.55 Å². The lowest BCUT2D eigenvalue weighted by Gasteiger charge is -2.29. The Morgan fingerprint density at radius 2 is 2.17 bits per heavy atom. The van der Waals surface area contributed by atoms with E-state index in [1.54, 1.807) is 7.11 Å². The first kappa shape index (κ1) is 13.4. The molecule has 2 rings (SSSR count). The number of nitrogens with zero attached hydrogens (tertiary/aromatic N) is 2. The second-order valence-electron chi connectivity index (χ2n) is 5.57. The van der Waals surface area contributed by atoms with E-state index >= 15 is 0 Å². The molecule has 1 unspecified atom stereocenters. The summed E-state index contributed by atoms with van der Waals surface area (Å²) in [7, 11) is 1.73. The fourth-order valence-electron chi connectivity index (χ4n) is 2.75. The van der Waals surface area contributed by atoms with Crippen LogP contribution >= 0.6 is 0 Å². The number of hydrogen-bond donors (Lipinski definition) is 1. The van der Waals surface area contributed by atoms with Crippen LogP contribution in [-0.4, -0.2) is 29.3 Å². The van der Waals surface area contributed by atoms with Gasteiger partial charge < -0.3 is 14.6 Å². The Hall–Kier alpha value is -1.03. The maximum absolute atomic E-state index is 5.15. The first-order chi connectivity index (χ1) is 8.70. The van der Waals surface area contributed by atoms with E-state index in [9.17, 15) is 0 Å². The van der Waals surface area contributed by atoms with Crippen LogP contribution in [0.3, 0.4) is 0 Å². The first-order valence-corrected chi connectivity index (χ1v) is 6.99. The van der Waals surface area contributed by atoms with Crippen LogP contribution in [0.25, 0.3) is 0 Å². The third-order valence-electron chi connectivity index (χ3n) is 3.84. The molecule has 0 bridgehead atoms. The molecule has 0 saturated heterocycles. The summed E-state index contributed by atoms with van der Waals surface area (Å²) in [5.74, 6) is 1.87. The molecule has 4 nitrogen and oxygen atoms in total. The highest BCUT2D eigenvalue weighted by atomic mass is 16.5. The molecule has 1 aliphatic carbocycles.